The number of anilines is 1. The third-order valence-electron chi connectivity index (χ3n) is 2.21. The molecule has 0 aromatic heterocycles. The molecule has 1 unspecified atom stereocenters. The fourth-order valence-corrected chi connectivity index (χ4v) is 1.38. The van der Waals surface area contributed by atoms with E-state index < -0.39 is 11.0 Å². The van der Waals surface area contributed by atoms with E-state index in [9.17, 15) is 15.2 Å². The summed E-state index contributed by atoms with van der Waals surface area (Å²) in [5.41, 5.74) is 0.277. The lowest BCUT2D eigenvalue weighted by atomic mass is 10.1. The van der Waals surface area contributed by atoms with Crippen molar-refractivity contribution >= 4 is 11.4 Å². The van der Waals surface area contributed by atoms with Crippen LogP contribution in [-0.2, 0) is 4.74 Å². The molecule has 1 rings (SSSR count). The van der Waals surface area contributed by atoms with Crippen LogP contribution in [0.2, 0.25) is 0 Å². The minimum absolute atomic E-state index is 0.0220. The van der Waals surface area contributed by atoms with Crippen LogP contribution >= 0.6 is 0 Å². The van der Waals surface area contributed by atoms with Gasteiger partial charge in [0.1, 0.15) is 11.6 Å². The van der Waals surface area contributed by atoms with Crippen LogP contribution < -0.4 is 5.32 Å². The van der Waals surface area contributed by atoms with E-state index in [0.29, 0.717) is 5.69 Å². The number of aliphatic hydroxyl groups excluding tert-OH is 1. The quantitative estimate of drug-likeness (QED) is 0.574. The molecule has 1 aromatic rings. The summed E-state index contributed by atoms with van der Waals surface area (Å²) in [7, 11) is 1.48. The van der Waals surface area contributed by atoms with Gasteiger partial charge in [-0.3, -0.25) is 10.1 Å². The lowest BCUT2D eigenvalue weighted by molar-refractivity contribution is -0.385. The number of nitrogens with zero attached hydrogens (tertiary/aromatic N) is 2. The molecule has 7 nitrogen and oxygen atoms in total. The van der Waals surface area contributed by atoms with Crippen LogP contribution in [0, 0.1) is 21.4 Å². The van der Waals surface area contributed by atoms with E-state index in [1.807, 2.05) is 0 Å². The van der Waals surface area contributed by atoms with Crippen molar-refractivity contribution in [3.8, 4) is 6.07 Å². The van der Waals surface area contributed by atoms with Crippen molar-refractivity contribution < 1.29 is 14.8 Å². The Morgan fingerprint density at radius 2 is 2.39 bits per heavy atom. The van der Waals surface area contributed by atoms with Gasteiger partial charge in [-0.15, -0.1) is 0 Å². The second-order valence-electron chi connectivity index (χ2n) is 3.59. The first-order valence-corrected chi connectivity index (χ1v) is 5.18. The normalized spacial score (nSPS) is 11.6. The Morgan fingerprint density at radius 1 is 1.67 bits per heavy atom. The molecule has 18 heavy (non-hydrogen) atoms. The molecule has 0 spiro atoms. The largest absolute Gasteiger partial charge is 0.389 e. The van der Waals surface area contributed by atoms with Crippen LogP contribution in [0.3, 0.4) is 0 Å². The summed E-state index contributed by atoms with van der Waals surface area (Å²) in [6, 6.07) is 5.87. The Kier molecular flexibility index (Phi) is 5.05. The monoisotopic (exact) mass is 251 g/mol. The number of benzene rings is 1. The van der Waals surface area contributed by atoms with Crippen LogP contribution in [0.5, 0.6) is 0 Å². The zero-order valence-corrected chi connectivity index (χ0v) is 9.79. The van der Waals surface area contributed by atoms with Crippen molar-refractivity contribution in [3.63, 3.8) is 0 Å². The Bertz CT molecular complexity index is 470. The first-order valence-electron chi connectivity index (χ1n) is 5.18. The first kappa shape index (κ1) is 13.9. The van der Waals surface area contributed by atoms with Crippen molar-refractivity contribution in [2.75, 3.05) is 25.6 Å². The molecule has 2 N–H and O–H groups in total. The lowest BCUT2D eigenvalue weighted by Gasteiger charge is -2.11. The van der Waals surface area contributed by atoms with Crippen LogP contribution in [0.4, 0.5) is 11.4 Å². The highest BCUT2D eigenvalue weighted by Crippen LogP contribution is 2.21. The van der Waals surface area contributed by atoms with Gasteiger partial charge in [-0.25, -0.2) is 0 Å². The van der Waals surface area contributed by atoms with E-state index in [-0.39, 0.29) is 24.4 Å². The molecule has 0 saturated carbocycles. The van der Waals surface area contributed by atoms with E-state index in [1.54, 1.807) is 6.07 Å². The van der Waals surface area contributed by atoms with Crippen LogP contribution in [0.15, 0.2) is 18.2 Å². The van der Waals surface area contributed by atoms with E-state index in [1.165, 1.54) is 25.3 Å². The number of hydrogen-bond donors (Lipinski definition) is 2. The zero-order chi connectivity index (χ0) is 13.5. The molecular weight excluding hydrogens is 238 g/mol. The van der Waals surface area contributed by atoms with Crippen molar-refractivity contribution in [1.82, 2.24) is 0 Å². The summed E-state index contributed by atoms with van der Waals surface area (Å²) in [6.45, 7) is 0.418. The Labute approximate surface area is 104 Å². The summed E-state index contributed by atoms with van der Waals surface area (Å²) >= 11 is 0. The highest BCUT2D eigenvalue weighted by molar-refractivity contribution is 5.58. The van der Waals surface area contributed by atoms with Gasteiger partial charge < -0.3 is 15.2 Å². The molecule has 0 saturated heterocycles. The first-order chi connectivity index (χ1) is 8.58. The molecule has 0 aliphatic heterocycles. The van der Waals surface area contributed by atoms with Gasteiger partial charge in [-0.1, -0.05) is 0 Å². The molecule has 96 valence electrons. The molecule has 0 aliphatic carbocycles. The van der Waals surface area contributed by atoms with Crippen molar-refractivity contribution in [2.45, 2.75) is 6.10 Å². The van der Waals surface area contributed by atoms with Crippen molar-refractivity contribution in [3.05, 3.63) is 33.9 Å². The minimum atomic E-state index is -0.685. The van der Waals surface area contributed by atoms with Crippen molar-refractivity contribution in [1.29, 1.82) is 5.26 Å². The fourth-order valence-electron chi connectivity index (χ4n) is 1.38. The third-order valence-corrected chi connectivity index (χ3v) is 2.21. The SMILES string of the molecule is COCC(O)CNc1ccc([N+](=O)[O-])c(C#N)c1. The molecule has 0 radical (unpaired) electrons. The van der Waals surface area contributed by atoms with Gasteiger partial charge in [-0.05, 0) is 12.1 Å². The Balaban J connectivity index is 2.75. The smallest absolute Gasteiger partial charge is 0.287 e. The second kappa shape index (κ2) is 6.54. The predicted molar refractivity (Wildman–Crippen MR) is 64.2 cm³/mol. The van der Waals surface area contributed by atoms with Gasteiger partial charge in [-0.2, -0.15) is 5.26 Å². The third kappa shape index (κ3) is 3.69. The van der Waals surface area contributed by atoms with Crippen LogP contribution in [0.25, 0.3) is 0 Å². The van der Waals surface area contributed by atoms with Crippen molar-refractivity contribution in [2.24, 2.45) is 0 Å². The van der Waals surface area contributed by atoms with E-state index in [2.05, 4.69) is 5.32 Å². The summed E-state index contributed by atoms with van der Waals surface area (Å²) in [5, 5.41) is 31.7. The number of methoxy groups -OCH3 is 1. The number of nitriles is 1. The summed E-state index contributed by atoms with van der Waals surface area (Å²) < 4.78 is 4.76. The van der Waals surface area contributed by atoms with Gasteiger partial charge in [0.2, 0.25) is 0 Å². The van der Waals surface area contributed by atoms with Crippen LogP contribution in [0.1, 0.15) is 5.56 Å². The molecule has 0 aliphatic rings. The number of ether oxygens (including phenoxy) is 1. The Morgan fingerprint density at radius 3 is 2.94 bits per heavy atom. The number of aliphatic hydroxyl groups is 1. The molecule has 0 amide bonds. The maximum absolute atomic E-state index is 10.6. The predicted octanol–water partition coefficient (Wildman–Crippen LogP) is 0.886. The number of nitro benzene ring substituents is 1. The topological polar surface area (TPSA) is 108 Å². The zero-order valence-electron chi connectivity index (χ0n) is 9.79. The van der Waals surface area contributed by atoms with Crippen LogP contribution in [-0.4, -0.2) is 36.4 Å². The second-order valence-corrected chi connectivity index (χ2v) is 3.59. The number of rotatable bonds is 6. The van der Waals surface area contributed by atoms with Gasteiger partial charge in [0, 0.05) is 25.4 Å². The van der Waals surface area contributed by atoms with Gasteiger partial charge in [0.15, 0.2) is 0 Å². The standard InChI is InChI=1S/C11H13N3O4/c1-18-7-10(15)6-13-9-2-3-11(14(16)17)8(4-9)5-12/h2-4,10,13,15H,6-7H2,1H3. The highest BCUT2D eigenvalue weighted by atomic mass is 16.6. The summed E-state index contributed by atoms with van der Waals surface area (Å²) in [4.78, 5) is 10.0. The number of hydrogen-bond acceptors (Lipinski definition) is 6. The molecule has 0 bridgehead atoms. The summed E-state index contributed by atoms with van der Waals surface area (Å²) in [6.07, 6.45) is -0.685. The molecule has 7 heteroatoms. The average molecular weight is 251 g/mol. The maximum Gasteiger partial charge on any atom is 0.287 e. The van der Waals surface area contributed by atoms with Gasteiger partial charge >= 0.3 is 0 Å². The van der Waals surface area contributed by atoms with Gasteiger partial charge in [0.25, 0.3) is 5.69 Å². The fraction of sp³-hybridized carbons (Fsp3) is 0.364. The molecule has 1 aromatic carbocycles. The minimum Gasteiger partial charge on any atom is -0.389 e. The summed E-state index contributed by atoms with van der Waals surface area (Å²) in [5.74, 6) is 0. The number of nitro groups is 1. The average Bonchev–Trinajstić information content (AvgIpc) is 2.36. The van der Waals surface area contributed by atoms with E-state index >= 15 is 0 Å². The van der Waals surface area contributed by atoms with Gasteiger partial charge in [0.05, 0.1) is 17.6 Å². The molecule has 1 atom stereocenters. The molecule has 0 heterocycles. The molecular formula is C11H13N3O4. The van der Waals surface area contributed by atoms with E-state index in [4.69, 9.17) is 10.00 Å². The number of nitrogens with one attached hydrogen (secondary N) is 1. The van der Waals surface area contributed by atoms with E-state index in [0.717, 1.165) is 0 Å². The highest BCUT2D eigenvalue weighted by Gasteiger charge is 2.13. The lowest BCUT2D eigenvalue weighted by Crippen LogP contribution is -2.24. The Hall–Kier alpha value is -2.17. The molecule has 0 fully saturated rings. The maximum atomic E-state index is 10.6.